The van der Waals surface area contributed by atoms with Crippen LogP contribution < -0.4 is 50.9 Å². The van der Waals surface area contributed by atoms with Crippen molar-refractivity contribution in [1.29, 1.82) is 0 Å². The summed E-state index contributed by atoms with van der Waals surface area (Å²) in [4.78, 5) is 101. The van der Waals surface area contributed by atoms with Gasteiger partial charge in [0.25, 0.3) is 0 Å². The third-order valence-electron chi connectivity index (χ3n) is 20.8. The van der Waals surface area contributed by atoms with Crippen LogP contribution in [0.2, 0.25) is 0 Å². The minimum absolute atomic E-state index is 0.00218. The van der Waals surface area contributed by atoms with E-state index in [9.17, 15) is 53.7 Å². The molecule has 0 amide bonds. The molecule has 6 aliphatic heterocycles. The second kappa shape index (κ2) is 30.1. The molecule has 109 heavy (non-hydrogen) atoms. The molecular formula is C88H98O21. The number of allylic oxidation sites excluding steroid dienone is 2. The Hall–Kier alpha value is -10.5. The molecule has 4 aromatic heterocycles. The molecule has 14 rings (SSSR count). The zero-order valence-corrected chi connectivity index (χ0v) is 65.8. The number of phenolic OH excluding ortho intramolecular Hbond substituents is 2. The minimum atomic E-state index is -0.922. The van der Waals surface area contributed by atoms with E-state index in [2.05, 4.69) is 0 Å². The Morgan fingerprint density at radius 3 is 1.05 bits per heavy atom. The molecule has 8 aromatic rings. The van der Waals surface area contributed by atoms with Crippen molar-refractivity contribution >= 4 is 91.3 Å². The molecule has 3 N–H and O–H groups in total. The van der Waals surface area contributed by atoms with Crippen molar-refractivity contribution in [2.24, 2.45) is 17.8 Å². The van der Waals surface area contributed by atoms with Crippen LogP contribution in [0.25, 0.3) is 68.2 Å². The monoisotopic (exact) mass is 1490 g/mol. The lowest BCUT2D eigenvalue weighted by Crippen LogP contribution is -2.35. The maximum atomic E-state index is 13.1. The Labute approximate surface area is 631 Å². The third-order valence-corrected chi connectivity index (χ3v) is 20.8. The van der Waals surface area contributed by atoms with E-state index in [4.69, 9.17) is 46.1 Å². The van der Waals surface area contributed by atoms with Crippen molar-refractivity contribution in [1.82, 2.24) is 0 Å². The number of aromatic hydroxyl groups is 2. The predicted octanol–water partition coefficient (Wildman–Crippen LogP) is 17.7. The normalized spacial score (nSPS) is 19.5. The smallest absolute Gasteiger partial charge is 0.336 e. The summed E-state index contributed by atoms with van der Waals surface area (Å²) in [5.74, 6) is 0.0570. The number of rotatable bonds is 13. The van der Waals surface area contributed by atoms with Gasteiger partial charge in [0.2, 0.25) is 0 Å². The van der Waals surface area contributed by atoms with Crippen LogP contribution in [0.4, 0.5) is 0 Å². The van der Waals surface area contributed by atoms with Crippen LogP contribution in [-0.2, 0) is 25.7 Å². The summed E-state index contributed by atoms with van der Waals surface area (Å²) in [5.41, 5.74) is 2.88. The fourth-order valence-electron chi connectivity index (χ4n) is 14.4. The van der Waals surface area contributed by atoms with Gasteiger partial charge in [0.1, 0.15) is 103 Å². The highest BCUT2D eigenvalue weighted by Gasteiger charge is 2.43. The number of aliphatic hydroxyl groups is 1. The first-order chi connectivity index (χ1) is 51.2. The Kier molecular flexibility index (Phi) is 22.0. The fraction of sp³-hybridized carbons (Fsp3) is 0.432. The first-order valence-electron chi connectivity index (χ1n) is 37.6. The minimum Gasteiger partial charge on any atom is -0.506 e. The molecule has 0 radical (unpaired) electrons. The molecule has 2 unspecified atom stereocenters. The molecule has 10 heterocycles. The van der Waals surface area contributed by atoms with Gasteiger partial charge in [-0.05, 0) is 192 Å². The van der Waals surface area contributed by atoms with E-state index >= 15 is 0 Å². The van der Waals surface area contributed by atoms with Gasteiger partial charge in [-0.3, -0.25) is 19.2 Å². The van der Waals surface area contributed by atoms with Gasteiger partial charge in [-0.25, -0.2) is 19.2 Å². The molecule has 0 bridgehead atoms. The number of Topliss-reactive ketones (excluding diaryl/α,β-unsaturated/α-hetero) is 4. The Morgan fingerprint density at radius 1 is 0.450 bits per heavy atom. The number of ether oxygens (including phenoxy) is 6. The highest BCUT2D eigenvalue weighted by molar-refractivity contribution is 6.20. The summed E-state index contributed by atoms with van der Waals surface area (Å²) >= 11 is 0. The average Bonchev–Trinajstić information content (AvgIpc) is 0.732. The van der Waals surface area contributed by atoms with Crippen LogP contribution in [0.1, 0.15) is 250 Å². The number of carbonyl (C=O) groups excluding carboxylic acids is 4. The molecule has 576 valence electrons. The summed E-state index contributed by atoms with van der Waals surface area (Å²) < 4.78 is 59.1. The Morgan fingerprint density at radius 2 is 0.734 bits per heavy atom. The molecule has 21 nitrogen and oxygen atoms in total. The number of benzene rings is 4. The van der Waals surface area contributed by atoms with E-state index in [-0.39, 0.29) is 86.4 Å². The van der Waals surface area contributed by atoms with E-state index in [1.807, 2.05) is 141 Å². The van der Waals surface area contributed by atoms with E-state index in [0.29, 0.717) is 115 Å². The molecule has 0 spiro atoms. The average molecular weight is 1490 g/mol. The van der Waals surface area contributed by atoms with Crippen molar-refractivity contribution in [2.45, 2.75) is 231 Å². The van der Waals surface area contributed by atoms with Crippen molar-refractivity contribution in [3.05, 3.63) is 169 Å². The molecule has 0 saturated carbocycles. The number of aliphatic hydroxyl groups excluding tert-OH is 1. The van der Waals surface area contributed by atoms with Crippen LogP contribution in [0.15, 0.2) is 97.1 Å². The van der Waals surface area contributed by atoms with Gasteiger partial charge in [-0.2, -0.15) is 0 Å². The van der Waals surface area contributed by atoms with Crippen LogP contribution in [-0.4, -0.2) is 79.2 Å². The quantitative estimate of drug-likeness (QED) is 0.0549. The number of phenols is 2. The molecule has 6 atom stereocenters. The van der Waals surface area contributed by atoms with Gasteiger partial charge in [0.05, 0.1) is 61.7 Å². The lowest BCUT2D eigenvalue weighted by atomic mass is 9.86. The van der Waals surface area contributed by atoms with Crippen LogP contribution in [0.5, 0.6) is 46.0 Å². The summed E-state index contributed by atoms with van der Waals surface area (Å²) in [7, 11) is 0. The summed E-state index contributed by atoms with van der Waals surface area (Å²) in [6.07, 6.45) is 21.1. The van der Waals surface area contributed by atoms with Crippen LogP contribution in [0.3, 0.4) is 0 Å². The first kappa shape index (κ1) is 79.5. The SMILES string of the molecule is CC=C(C)C(=O)c1c(O)c2c(c3c(CCC)cc(=O)oc13)OC(C)(C)C=C2.CCCc1cc(=O)oc2c(C(=O)C(C)C(C)O)c(O)c3c(c12)OC(C)(C)C=C3.CCCc1cc(=O)oc2c3c(c4c(c12)OC(C)(C)C=C4)O[C@H](C)[C@@H](C)C3=O.CCCc1cc(=O)oc2c3c(c4c(c12)OC(C)(C)C=C4)O[C@H](C)[C@H](C)C3=O. The fourth-order valence-corrected chi connectivity index (χ4v) is 14.4. The molecular weight excluding hydrogens is 1390 g/mol. The molecule has 4 aromatic carbocycles. The number of fused-ring (bicyclic) bond motifs is 18. The Balaban J connectivity index is 0.000000144. The summed E-state index contributed by atoms with van der Waals surface area (Å²) in [6.45, 7) is 37.4. The largest absolute Gasteiger partial charge is 0.506 e. The number of hydrogen-bond donors (Lipinski definition) is 3. The van der Waals surface area contributed by atoms with E-state index < -0.39 is 62.7 Å². The van der Waals surface area contributed by atoms with Gasteiger partial charge < -0.3 is 61.4 Å². The highest BCUT2D eigenvalue weighted by atomic mass is 16.5. The van der Waals surface area contributed by atoms with Crippen molar-refractivity contribution in [2.75, 3.05) is 0 Å². The topological polar surface area (TPSA) is 305 Å². The van der Waals surface area contributed by atoms with E-state index in [1.54, 1.807) is 45.1 Å². The summed E-state index contributed by atoms with van der Waals surface area (Å²) in [6, 6.07) is 5.86. The van der Waals surface area contributed by atoms with Gasteiger partial charge >= 0.3 is 22.5 Å². The highest BCUT2D eigenvalue weighted by Crippen LogP contribution is 2.54. The van der Waals surface area contributed by atoms with Gasteiger partial charge in [-0.1, -0.05) is 80.2 Å². The van der Waals surface area contributed by atoms with Crippen molar-refractivity contribution in [3.63, 3.8) is 0 Å². The molecule has 0 saturated heterocycles. The predicted molar refractivity (Wildman–Crippen MR) is 420 cm³/mol. The van der Waals surface area contributed by atoms with E-state index in [0.717, 1.165) is 53.5 Å². The van der Waals surface area contributed by atoms with Crippen molar-refractivity contribution in [3.8, 4) is 46.0 Å². The number of hydrogen-bond acceptors (Lipinski definition) is 21. The van der Waals surface area contributed by atoms with E-state index in [1.165, 1.54) is 31.2 Å². The maximum absolute atomic E-state index is 13.1. The Bertz CT molecular complexity index is 5340. The van der Waals surface area contributed by atoms with Crippen LogP contribution >= 0.6 is 0 Å². The zero-order valence-electron chi connectivity index (χ0n) is 65.8. The van der Waals surface area contributed by atoms with Gasteiger partial charge in [0, 0.05) is 30.2 Å². The third kappa shape index (κ3) is 15.0. The van der Waals surface area contributed by atoms with Gasteiger partial charge in [0.15, 0.2) is 45.5 Å². The number of carbonyl (C=O) groups is 4. The van der Waals surface area contributed by atoms with Crippen LogP contribution in [0, 0.1) is 17.8 Å². The molecule has 6 aliphatic rings. The van der Waals surface area contributed by atoms with Gasteiger partial charge in [-0.15, -0.1) is 0 Å². The van der Waals surface area contributed by atoms with Crippen molar-refractivity contribution < 1.29 is 80.6 Å². The molecule has 0 aliphatic carbocycles. The second-order valence-electron chi connectivity index (χ2n) is 31.3. The number of ketones is 4. The molecule has 0 fully saturated rings. The lowest BCUT2D eigenvalue weighted by Gasteiger charge is -2.34. The lowest BCUT2D eigenvalue weighted by molar-refractivity contribution is 0.0718. The maximum Gasteiger partial charge on any atom is 0.336 e. The summed E-state index contributed by atoms with van der Waals surface area (Å²) in [5, 5.41) is 34.2. The zero-order chi connectivity index (χ0) is 79.7. The molecule has 21 heteroatoms. The number of aryl methyl sites for hydroxylation is 4. The standard InChI is InChI=1S/C22H26O6.3C22H24O5/c1-6-7-13-10-15(24)27-21-16(13)20-14(8-9-22(4,5)28-20)19(26)17(21)18(25)11(2)12(3)23;2*1-6-7-13-10-15(23)26-21-16(13)20-14(8-9-22(4,5)27-20)19-17(21)18(24)11(2)12(3)25-19;1-6-8-13-11-15(23)26-21-16(13)20-14(9-10-22(4,5)27-20)19(25)17(21)18(24)12(3)7-2/h8-12,23,26H,6-7H2,1-5H3;2*8-12H,6-7H2,1-5H3;7,9-11,25H,6,8H2,1-5H3/t;11-,12+;11-,12-;/m.01./s1. The first-order valence-corrected chi connectivity index (χ1v) is 37.6. The second-order valence-corrected chi connectivity index (χ2v) is 31.3.